The number of carbonyl (C=O) groups is 1. The largest absolute Gasteiger partial charge is 0.497 e. The summed E-state index contributed by atoms with van der Waals surface area (Å²) >= 11 is 0. The zero-order valence-electron chi connectivity index (χ0n) is 23.5. The van der Waals surface area contributed by atoms with Gasteiger partial charge in [-0.25, -0.2) is 0 Å². The van der Waals surface area contributed by atoms with Crippen LogP contribution in [-0.2, 0) is 25.3 Å². The number of allylic oxidation sites excluding steroid dienone is 2. The first-order chi connectivity index (χ1) is 16.3. The molecule has 2 atom stereocenters. The van der Waals surface area contributed by atoms with E-state index in [1.165, 1.54) is 5.57 Å². The number of rotatable bonds is 15. The summed E-state index contributed by atoms with van der Waals surface area (Å²) in [5.74, 6) is 0.922. The second kappa shape index (κ2) is 15.3. The fourth-order valence-electron chi connectivity index (χ4n) is 3.07. The Morgan fingerprint density at radius 1 is 1.11 bits per heavy atom. The Kier molecular flexibility index (Phi) is 13.6. The molecule has 1 rings (SSSR count). The number of hydrogen-bond donors (Lipinski definition) is 0. The molecule has 6 heteroatoms. The van der Waals surface area contributed by atoms with E-state index < -0.39 is 14.4 Å². The van der Waals surface area contributed by atoms with Crippen molar-refractivity contribution in [3.05, 3.63) is 53.6 Å². The maximum atomic E-state index is 12.7. The average molecular weight is 505 g/mol. The van der Waals surface area contributed by atoms with Crippen LogP contribution in [0.2, 0.25) is 18.1 Å². The highest BCUT2D eigenvalue weighted by Crippen LogP contribution is 2.36. The predicted molar refractivity (Wildman–Crippen MR) is 147 cm³/mol. The lowest BCUT2D eigenvalue weighted by Gasteiger charge is -2.36. The van der Waals surface area contributed by atoms with Gasteiger partial charge in [0.1, 0.15) is 11.9 Å². The van der Waals surface area contributed by atoms with E-state index in [4.69, 9.17) is 18.6 Å². The van der Waals surface area contributed by atoms with E-state index in [2.05, 4.69) is 60.7 Å². The van der Waals surface area contributed by atoms with Gasteiger partial charge in [-0.1, -0.05) is 57.6 Å². The molecule has 0 spiro atoms. The van der Waals surface area contributed by atoms with Crippen molar-refractivity contribution in [3.63, 3.8) is 0 Å². The summed E-state index contributed by atoms with van der Waals surface area (Å²) < 4.78 is 23.1. The molecule has 0 radical (unpaired) electrons. The lowest BCUT2D eigenvalue weighted by molar-refractivity contribution is -0.149. The minimum atomic E-state index is -1.96. The van der Waals surface area contributed by atoms with Crippen molar-refractivity contribution in [3.8, 4) is 5.75 Å². The molecule has 198 valence electrons. The highest BCUT2D eigenvalue weighted by molar-refractivity contribution is 6.74. The van der Waals surface area contributed by atoms with E-state index in [-0.39, 0.29) is 16.9 Å². The van der Waals surface area contributed by atoms with Gasteiger partial charge in [-0.15, -0.1) is 0 Å². The van der Waals surface area contributed by atoms with Crippen molar-refractivity contribution in [2.45, 2.75) is 91.6 Å². The van der Waals surface area contributed by atoms with Crippen molar-refractivity contribution < 1.29 is 23.4 Å². The molecular weight excluding hydrogens is 456 g/mol. The molecule has 0 amide bonds. The van der Waals surface area contributed by atoms with Gasteiger partial charge < -0.3 is 18.6 Å². The summed E-state index contributed by atoms with van der Waals surface area (Å²) in [5.41, 5.74) is 2.38. The molecule has 0 aliphatic rings. The third kappa shape index (κ3) is 13.1. The zero-order valence-corrected chi connectivity index (χ0v) is 24.5. The van der Waals surface area contributed by atoms with E-state index in [0.717, 1.165) is 24.2 Å². The van der Waals surface area contributed by atoms with Gasteiger partial charge in [-0.3, -0.25) is 4.79 Å². The first-order valence-electron chi connectivity index (χ1n) is 12.7. The molecule has 0 saturated heterocycles. The summed E-state index contributed by atoms with van der Waals surface area (Å²) in [7, 11) is -0.306. The van der Waals surface area contributed by atoms with E-state index in [9.17, 15) is 4.79 Å². The number of carbonyl (C=O) groups excluding carboxylic acids is 1. The van der Waals surface area contributed by atoms with E-state index in [0.29, 0.717) is 26.2 Å². The van der Waals surface area contributed by atoms with Crippen LogP contribution in [0.15, 0.2) is 48.1 Å². The summed E-state index contributed by atoms with van der Waals surface area (Å²) in [6, 6.07) is 7.81. The zero-order chi connectivity index (χ0) is 26.5. The highest BCUT2D eigenvalue weighted by atomic mass is 28.4. The first-order valence-corrected chi connectivity index (χ1v) is 15.6. The Balaban J connectivity index is 2.65. The fourth-order valence-corrected chi connectivity index (χ4v) is 4.08. The molecule has 0 aromatic heterocycles. The smallest absolute Gasteiger partial charge is 0.306 e. The van der Waals surface area contributed by atoms with Gasteiger partial charge in [0.05, 0.1) is 26.9 Å². The summed E-state index contributed by atoms with van der Waals surface area (Å²) in [6.07, 6.45) is 7.97. The standard InChI is InChI=1S/C29H48O5Si/c1-23(2)12-10-13-24(3)20-28(30)34-27(22-33-35(8,9)29(4,5)6)14-11-19-32-21-25-15-17-26(31-7)18-16-25/h11-12,14-18,24,27H,10,13,19-22H2,1-9H3/b14-11-/t24-,27+/m1/s1. The van der Waals surface area contributed by atoms with E-state index in [1.54, 1.807) is 7.11 Å². The van der Waals surface area contributed by atoms with Crippen LogP contribution in [0, 0.1) is 5.92 Å². The summed E-state index contributed by atoms with van der Waals surface area (Å²) in [4.78, 5) is 12.7. The summed E-state index contributed by atoms with van der Waals surface area (Å²) in [5, 5.41) is 0.0895. The van der Waals surface area contributed by atoms with Crippen LogP contribution in [0.25, 0.3) is 0 Å². The third-order valence-corrected chi connectivity index (χ3v) is 10.9. The van der Waals surface area contributed by atoms with Gasteiger partial charge in [-0.05, 0) is 74.5 Å². The average Bonchev–Trinajstić information content (AvgIpc) is 2.76. The SMILES string of the molecule is COc1ccc(COC/C=C\[C@@H](CO[Si](C)(C)C(C)(C)C)OC(=O)C[C@H](C)CCC=C(C)C)cc1. The molecule has 5 nitrogen and oxygen atoms in total. The van der Waals surface area contributed by atoms with Gasteiger partial charge in [0.15, 0.2) is 8.32 Å². The molecule has 0 bridgehead atoms. The second-order valence-electron chi connectivity index (χ2n) is 11.1. The molecule has 0 heterocycles. The Hall–Kier alpha value is -1.89. The molecule has 0 saturated carbocycles. The van der Waals surface area contributed by atoms with Gasteiger partial charge in [-0.2, -0.15) is 0 Å². The Bertz CT molecular complexity index is 801. The van der Waals surface area contributed by atoms with Gasteiger partial charge in [0.25, 0.3) is 0 Å². The Morgan fingerprint density at radius 3 is 2.34 bits per heavy atom. The molecule has 1 aromatic carbocycles. The molecule has 0 aliphatic carbocycles. The lowest BCUT2D eigenvalue weighted by Crippen LogP contribution is -2.43. The molecule has 35 heavy (non-hydrogen) atoms. The molecule has 0 fully saturated rings. The number of esters is 1. The quantitative estimate of drug-likeness (QED) is 0.107. The van der Waals surface area contributed by atoms with Crippen LogP contribution in [0.4, 0.5) is 0 Å². The maximum Gasteiger partial charge on any atom is 0.306 e. The second-order valence-corrected chi connectivity index (χ2v) is 15.9. The van der Waals surface area contributed by atoms with Crippen LogP contribution in [0.3, 0.4) is 0 Å². The van der Waals surface area contributed by atoms with Crippen LogP contribution < -0.4 is 4.74 Å². The highest BCUT2D eigenvalue weighted by Gasteiger charge is 2.37. The normalized spacial score (nSPS) is 14.0. The maximum absolute atomic E-state index is 12.7. The van der Waals surface area contributed by atoms with Crippen molar-refractivity contribution in [2.24, 2.45) is 5.92 Å². The number of benzene rings is 1. The molecular formula is C29H48O5Si. The van der Waals surface area contributed by atoms with Gasteiger partial charge in [0.2, 0.25) is 0 Å². The Morgan fingerprint density at radius 2 is 1.77 bits per heavy atom. The summed E-state index contributed by atoms with van der Waals surface area (Å²) in [6.45, 7) is 18.6. The monoisotopic (exact) mass is 504 g/mol. The fraction of sp³-hybridized carbons (Fsp3) is 0.621. The minimum absolute atomic E-state index is 0.0895. The number of ether oxygens (including phenoxy) is 3. The van der Waals surface area contributed by atoms with Crippen LogP contribution >= 0.6 is 0 Å². The Labute approximate surface area is 215 Å². The minimum Gasteiger partial charge on any atom is -0.497 e. The van der Waals surface area contributed by atoms with Crippen LogP contribution in [0.5, 0.6) is 5.75 Å². The molecule has 0 aliphatic heterocycles. The van der Waals surface area contributed by atoms with Crippen molar-refractivity contribution in [2.75, 3.05) is 20.3 Å². The van der Waals surface area contributed by atoms with Crippen molar-refractivity contribution in [1.29, 1.82) is 0 Å². The third-order valence-electron chi connectivity index (χ3n) is 6.42. The van der Waals surface area contributed by atoms with Crippen LogP contribution in [-0.4, -0.2) is 40.7 Å². The van der Waals surface area contributed by atoms with Crippen LogP contribution in [0.1, 0.15) is 66.4 Å². The lowest BCUT2D eigenvalue weighted by atomic mass is 10.0. The molecule has 1 aromatic rings. The predicted octanol–water partition coefficient (Wildman–Crippen LogP) is 7.47. The van der Waals surface area contributed by atoms with Gasteiger partial charge >= 0.3 is 5.97 Å². The van der Waals surface area contributed by atoms with E-state index in [1.807, 2.05) is 36.4 Å². The molecule has 0 N–H and O–H groups in total. The van der Waals surface area contributed by atoms with Crippen molar-refractivity contribution >= 4 is 14.3 Å². The van der Waals surface area contributed by atoms with Gasteiger partial charge in [0, 0.05) is 6.42 Å². The topological polar surface area (TPSA) is 54.0 Å². The number of hydrogen-bond acceptors (Lipinski definition) is 5. The van der Waals surface area contributed by atoms with E-state index >= 15 is 0 Å². The first kappa shape index (κ1) is 31.1. The number of methoxy groups -OCH3 is 1. The van der Waals surface area contributed by atoms with Crippen molar-refractivity contribution in [1.82, 2.24) is 0 Å². The molecule has 0 unspecified atom stereocenters.